The number of aliphatic hydroxyl groups is 1. The molecule has 3 aromatic heterocycles. The molecule has 3 aromatic rings. The number of primary amides is 1. The predicted octanol–water partition coefficient (Wildman–Crippen LogP) is 1.69. The molecule has 4 heterocycles. The van der Waals surface area contributed by atoms with Crippen molar-refractivity contribution in [2.24, 2.45) is 29.4 Å². The van der Waals surface area contributed by atoms with Crippen LogP contribution in [0.15, 0.2) is 18.5 Å². The van der Waals surface area contributed by atoms with E-state index in [9.17, 15) is 19.5 Å². The fourth-order valence-electron chi connectivity index (χ4n) is 8.00. The highest BCUT2D eigenvalue weighted by Crippen LogP contribution is 2.60. The van der Waals surface area contributed by atoms with Crippen molar-refractivity contribution in [3.05, 3.63) is 18.5 Å². The average molecular weight is 506 g/mol. The molecule has 5 atom stereocenters. The number of nitrogens with zero attached hydrogens (tertiary/aromatic N) is 4. The molecule has 0 aromatic carbocycles. The number of hydrogen-bond acceptors (Lipinski definition) is 6. The minimum Gasteiger partial charge on any atom is -0.390 e. The van der Waals surface area contributed by atoms with Gasteiger partial charge in [-0.1, -0.05) is 0 Å². The van der Waals surface area contributed by atoms with Crippen molar-refractivity contribution < 1.29 is 19.5 Å². The summed E-state index contributed by atoms with van der Waals surface area (Å²) in [6.07, 6.45) is 9.00. The molecular weight excluding hydrogens is 474 g/mol. The summed E-state index contributed by atoms with van der Waals surface area (Å²) in [6.45, 7) is 0.643. The van der Waals surface area contributed by atoms with Crippen LogP contribution in [0.4, 0.5) is 5.82 Å². The Labute approximate surface area is 212 Å². The third-order valence-electron chi connectivity index (χ3n) is 9.35. The van der Waals surface area contributed by atoms with E-state index in [4.69, 9.17) is 5.73 Å². The number of anilines is 1. The number of rotatable bonds is 3. The van der Waals surface area contributed by atoms with Crippen LogP contribution in [0.3, 0.4) is 0 Å². The van der Waals surface area contributed by atoms with E-state index >= 15 is 0 Å². The Morgan fingerprint density at radius 2 is 1.81 bits per heavy atom. The molecule has 3 unspecified atom stereocenters. The molecule has 5 aliphatic rings. The summed E-state index contributed by atoms with van der Waals surface area (Å²) < 4.78 is 2.15. The lowest BCUT2D eigenvalue weighted by Crippen LogP contribution is -2.55. The number of fused-ring (bicyclic) bond motifs is 3. The van der Waals surface area contributed by atoms with Crippen molar-refractivity contribution >= 4 is 45.5 Å². The van der Waals surface area contributed by atoms with Gasteiger partial charge < -0.3 is 21.1 Å². The normalized spacial score (nSPS) is 31.3. The summed E-state index contributed by atoms with van der Waals surface area (Å²) in [7, 11) is 0. The fraction of sp³-hybridized carbons (Fsp3) is 0.577. The van der Waals surface area contributed by atoms with Crippen molar-refractivity contribution in [3.8, 4) is 0 Å². The number of hydrogen-bond donors (Lipinski definition) is 4. The second kappa shape index (κ2) is 8.01. The van der Waals surface area contributed by atoms with Crippen molar-refractivity contribution in [2.45, 2.75) is 56.6 Å². The minimum absolute atomic E-state index is 0.161. The van der Waals surface area contributed by atoms with Crippen LogP contribution < -0.4 is 11.1 Å². The van der Waals surface area contributed by atoms with Crippen molar-refractivity contribution in [2.75, 3.05) is 18.4 Å². The van der Waals surface area contributed by atoms with Gasteiger partial charge in [-0.2, -0.15) is 0 Å². The maximum absolute atomic E-state index is 13.1. The summed E-state index contributed by atoms with van der Waals surface area (Å²) in [5.41, 5.74) is 6.39. The van der Waals surface area contributed by atoms with Gasteiger partial charge in [0.05, 0.1) is 22.5 Å². The number of carbonyl (C=O) groups excluding carboxylic acids is 3. The Bertz CT molecular complexity index is 1420. The number of H-pyrrole nitrogens is 1. The second-order valence-electron chi connectivity index (χ2n) is 11.7. The topological polar surface area (TPSA) is 159 Å². The number of pyridine rings is 1. The van der Waals surface area contributed by atoms with Gasteiger partial charge in [0.2, 0.25) is 5.91 Å². The Kier molecular flexibility index (Phi) is 4.92. The monoisotopic (exact) mass is 505 g/mol. The molecule has 1 aliphatic heterocycles. The second-order valence-corrected chi connectivity index (χ2v) is 11.7. The van der Waals surface area contributed by atoms with Crippen LogP contribution in [0.25, 0.3) is 21.9 Å². The van der Waals surface area contributed by atoms with Gasteiger partial charge in [-0.15, -0.1) is 0 Å². The van der Waals surface area contributed by atoms with Crippen LogP contribution in [0.1, 0.15) is 51.0 Å². The maximum atomic E-state index is 13.1. The van der Waals surface area contributed by atoms with Gasteiger partial charge in [0, 0.05) is 36.8 Å². The number of aromatic amines is 1. The number of likely N-dealkylation sites (tertiary alicyclic amines) is 1. The molecule has 8 rings (SSSR count). The van der Waals surface area contributed by atoms with E-state index in [1.54, 1.807) is 12.4 Å². The maximum Gasteiger partial charge on any atom is 0.315 e. The average Bonchev–Trinajstić information content (AvgIpc) is 3.47. The van der Waals surface area contributed by atoms with Gasteiger partial charge in [0.1, 0.15) is 5.82 Å². The summed E-state index contributed by atoms with van der Waals surface area (Å²) in [4.78, 5) is 47.8. The van der Waals surface area contributed by atoms with E-state index in [0.29, 0.717) is 55.1 Å². The van der Waals surface area contributed by atoms with Crippen molar-refractivity contribution in [1.82, 2.24) is 24.6 Å². The van der Waals surface area contributed by atoms with Crippen LogP contribution in [-0.2, 0) is 14.4 Å². The number of carbonyl (C=O) groups is 3. The molecule has 5 N–H and O–H groups in total. The molecule has 194 valence electrons. The molecule has 4 saturated carbocycles. The third-order valence-corrected chi connectivity index (χ3v) is 9.35. The van der Waals surface area contributed by atoms with Crippen LogP contribution in [0, 0.1) is 23.7 Å². The molecule has 4 aliphatic carbocycles. The molecule has 5 fully saturated rings. The van der Waals surface area contributed by atoms with Gasteiger partial charge in [0.25, 0.3) is 0 Å². The third kappa shape index (κ3) is 3.54. The lowest BCUT2D eigenvalue weighted by Gasteiger charge is -2.58. The zero-order valence-corrected chi connectivity index (χ0v) is 20.5. The van der Waals surface area contributed by atoms with E-state index in [-0.39, 0.29) is 17.9 Å². The lowest BCUT2D eigenvalue weighted by molar-refractivity contribution is -0.148. The number of aromatic nitrogens is 4. The first-order chi connectivity index (χ1) is 17.8. The highest BCUT2D eigenvalue weighted by molar-refractivity contribution is 6.40. The summed E-state index contributed by atoms with van der Waals surface area (Å²) >= 11 is 0. The zero-order chi connectivity index (χ0) is 25.5. The zero-order valence-electron chi connectivity index (χ0n) is 20.5. The summed E-state index contributed by atoms with van der Waals surface area (Å²) in [6, 6.07) is 2.09. The SMILES string of the molecule is NC(=O)C1CCN(C(=O)C(=O)Nc2[nH]n(C3[C@@H]4CC5C[C@H]3CC(O)(C5)C4)c3c2cnc2nccc23)CC1. The molecular formula is C26H31N7O4. The van der Waals surface area contributed by atoms with Crippen LogP contribution in [0.5, 0.6) is 0 Å². The van der Waals surface area contributed by atoms with Gasteiger partial charge >= 0.3 is 11.8 Å². The van der Waals surface area contributed by atoms with Crippen LogP contribution in [-0.4, -0.2) is 66.2 Å². The van der Waals surface area contributed by atoms with Gasteiger partial charge in [-0.3, -0.25) is 24.2 Å². The molecule has 0 radical (unpaired) electrons. The standard InChI is InChI=1S/C26H31N7O4/c27-21(34)14-2-5-32(6-3-14)25(36)24(35)30-23-18-12-29-22-17(1-4-28-22)20(18)33(31-23)19-15-7-13-8-16(19)11-26(37,9-13)10-15/h1,4,12-16,19,31,37H,2-3,5-11H2,(H2,27,34)(H,30,35)/t13?,15-,16+,19?,26?. The number of piperidine rings is 1. The van der Waals surface area contributed by atoms with E-state index in [1.165, 1.54) is 4.90 Å². The van der Waals surface area contributed by atoms with E-state index in [2.05, 4.69) is 25.1 Å². The molecule has 4 bridgehead atoms. The van der Waals surface area contributed by atoms with Gasteiger partial charge in [0.15, 0.2) is 5.65 Å². The van der Waals surface area contributed by atoms with E-state index < -0.39 is 17.4 Å². The first kappa shape index (κ1) is 22.7. The molecule has 11 nitrogen and oxygen atoms in total. The van der Waals surface area contributed by atoms with Crippen LogP contribution in [0.2, 0.25) is 0 Å². The van der Waals surface area contributed by atoms with Gasteiger partial charge in [-0.05, 0) is 68.8 Å². The molecule has 0 spiro atoms. The summed E-state index contributed by atoms with van der Waals surface area (Å²) in [5, 5.41) is 19.0. The highest BCUT2D eigenvalue weighted by atomic mass is 16.3. The van der Waals surface area contributed by atoms with Crippen LogP contribution >= 0.6 is 0 Å². The Balaban J connectivity index is 1.22. The Morgan fingerprint density at radius 3 is 2.49 bits per heavy atom. The largest absolute Gasteiger partial charge is 0.390 e. The van der Waals surface area contributed by atoms with Crippen molar-refractivity contribution in [3.63, 3.8) is 0 Å². The fourth-order valence-corrected chi connectivity index (χ4v) is 8.00. The smallest absolute Gasteiger partial charge is 0.315 e. The number of nitrogens with one attached hydrogen (secondary N) is 2. The minimum atomic E-state index is -0.729. The number of nitrogens with two attached hydrogens (primary N) is 1. The van der Waals surface area contributed by atoms with Gasteiger partial charge in [-0.25, -0.2) is 9.97 Å². The summed E-state index contributed by atoms with van der Waals surface area (Å²) in [5.74, 6) is -0.300. The Morgan fingerprint density at radius 1 is 1.08 bits per heavy atom. The molecule has 3 amide bonds. The first-order valence-electron chi connectivity index (χ1n) is 13.3. The molecule has 1 saturated heterocycles. The number of amides is 3. The van der Waals surface area contributed by atoms with Crippen molar-refractivity contribution in [1.29, 1.82) is 0 Å². The molecule has 11 heteroatoms. The van der Waals surface area contributed by atoms with E-state index in [0.717, 1.165) is 48.4 Å². The van der Waals surface area contributed by atoms with E-state index in [1.807, 2.05) is 6.07 Å². The quantitative estimate of drug-likeness (QED) is 0.396. The highest BCUT2D eigenvalue weighted by Gasteiger charge is 2.55. The predicted molar refractivity (Wildman–Crippen MR) is 134 cm³/mol. The lowest BCUT2D eigenvalue weighted by atomic mass is 9.52. The Hall–Kier alpha value is -3.47. The first-order valence-corrected chi connectivity index (χ1v) is 13.3. The molecule has 37 heavy (non-hydrogen) atoms.